The Kier molecular flexibility index (Phi) is 5.84. The van der Waals surface area contributed by atoms with Gasteiger partial charge < -0.3 is 14.6 Å². The van der Waals surface area contributed by atoms with Crippen molar-refractivity contribution in [2.75, 3.05) is 19.1 Å². The smallest absolute Gasteiger partial charge is 0.270 e. The Morgan fingerprint density at radius 3 is 2.43 bits per heavy atom. The molecule has 2 amide bonds. The van der Waals surface area contributed by atoms with Crippen LogP contribution in [0, 0.1) is 3.57 Å². The van der Waals surface area contributed by atoms with Crippen molar-refractivity contribution in [1.82, 2.24) is 5.32 Å². The van der Waals surface area contributed by atoms with Gasteiger partial charge in [-0.3, -0.25) is 19.8 Å². The van der Waals surface area contributed by atoms with Crippen molar-refractivity contribution < 1.29 is 24.2 Å². The average molecular weight is 510 g/mol. The van der Waals surface area contributed by atoms with Gasteiger partial charge in [0.05, 0.1) is 23.5 Å². The fourth-order valence-corrected chi connectivity index (χ4v) is 3.53. The summed E-state index contributed by atoms with van der Waals surface area (Å²) >= 11 is 7.12. The summed E-state index contributed by atoms with van der Waals surface area (Å²) in [5.74, 6) is -0.289. The number of benzene rings is 2. The van der Waals surface area contributed by atoms with Crippen LogP contribution in [0.4, 0.5) is 5.69 Å². The predicted octanol–water partition coefficient (Wildman–Crippen LogP) is 2.85. The van der Waals surface area contributed by atoms with E-state index in [4.69, 9.17) is 21.7 Å². The Morgan fingerprint density at radius 1 is 1.14 bits per heavy atom. The summed E-state index contributed by atoms with van der Waals surface area (Å²) in [5.41, 5.74) is 0.938. The SMILES string of the molecule is COc1ccc(N2C(=O)/C(=C/c3cc(I)c(O)c(OC)c3)C(=O)NC2=S)cc1. The van der Waals surface area contributed by atoms with Crippen LogP contribution in [0.3, 0.4) is 0 Å². The van der Waals surface area contributed by atoms with Gasteiger partial charge in [-0.05, 0) is 82.8 Å². The zero-order chi connectivity index (χ0) is 20.4. The van der Waals surface area contributed by atoms with Crippen LogP contribution in [-0.4, -0.2) is 36.3 Å². The van der Waals surface area contributed by atoms with Crippen LogP contribution >= 0.6 is 34.8 Å². The highest BCUT2D eigenvalue weighted by atomic mass is 127. The zero-order valence-corrected chi connectivity index (χ0v) is 17.8. The molecule has 0 aromatic heterocycles. The van der Waals surface area contributed by atoms with Crippen LogP contribution in [-0.2, 0) is 9.59 Å². The molecule has 144 valence electrons. The number of phenols is 1. The molecule has 0 spiro atoms. The standard InChI is InChI=1S/C19H15IN2O5S/c1-26-12-5-3-11(4-6-12)22-18(25)13(17(24)21-19(22)28)7-10-8-14(20)16(23)15(9-10)27-2/h3-9,23H,1-2H3,(H,21,24,28)/b13-7+. The van der Waals surface area contributed by atoms with Crippen LogP contribution in [0.5, 0.6) is 17.2 Å². The number of nitrogens with zero attached hydrogens (tertiary/aromatic N) is 1. The van der Waals surface area contributed by atoms with E-state index in [0.717, 1.165) is 0 Å². The minimum atomic E-state index is -0.596. The summed E-state index contributed by atoms with van der Waals surface area (Å²) in [6, 6.07) is 9.90. The predicted molar refractivity (Wildman–Crippen MR) is 117 cm³/mol. The van der Waals surface area contributed by atoms with Gasteiger partial charge in [-0.1, -0.05) is 0 Å². The highest BCUT2D eigenvalue weighted by Crippen LogP contribution is 2.33. The third-order valence-electron chi connectivity index (χ3n) is 4.01. The normalized spacial score (nSPS) is 15.6. The van der Waals surface area contributed by atoms with E-state index in [1.807, 2.05) is 22.6 Å². The van der Waals surface area contributed by atoms with Gasteiger partial charge in [-0.2, -0.15) is 0 Å². The first-order valence-electron chi connectivity index (χ1n) is 7.97. The minimum Gasteiger partial charge on any atom is -0.504 e. The lowest BCUT2D eigenvalue weighted by molar-refractivity contribution is -0.122. The quantitative estimate of drug-likeness (QED) is 0.285. The van der Waals surface area contributed by atoms with Gasteiger partial charge in [0.1, 0.15) is 11.3 Å². The highest BCUT2D eigenvalue weighted by molar-refractivity contribution is 14.1. The number of anilines is 1. The van der Waals surface area contributed by atoms with Crippen molar-refractivity contribution in [3.8, 4) is 17.2 Å². The Bertz CT molecular complexity index is 1000. The van der Waals surface area contributed by atoms with Crippen molar-refractivity contribution >= 4 is 63.5 Å². The first-order chi connectivity index (χ1) is 13.3. The molecular weight excluding hydrogens is 495 g/mol. The van der Waals surface area contributed by atoms with Crippen molar-refractivity contribution in [3.63, 3.8) is 0 Å². The number of nitrogens with one attached hydrogen (secondary N) is 1. The van der Waals surface area contributed by atoms with Gasteiger partial charge in [-0.15, -0.1) is 0 Å². The molecule has 7 nitrogen and oxygen atoms in total. The van der Waals surface area contributed by atoms with E-state index < -0.39 is 11.8 Å². The summed E-state index contributed by atoms with van der Waals surface area (Å²) in [6.07, 6.45) is 1.43. The number of aromatic hydroxyl groups is 1. The van der Waals surface area contributed by atoms with E-state index in [2.05, 4.69) is 5.32 Å². The number of ether oxygens (including phenoxy) is 2. The van der Waals surface area contributed by atoms with Gasteiger partial charge in [0.25, 0.3) is 11.8 Å². The number of hydrogen-bond donors (Lipinski definition) is 2. The summed E-state index contributed by atoms with van der Waals surface area (Å²) in [7, 11) is 2.96. The molecule has 9 heteroatoms. The van der Waals surface area contributed by atoms with Gasteiger partial charge in [0, 0.05) is 0 Å². The van der Waals surface area contributed by atoms with Crippen LogP contribution < -0.4 is 19.7 Å². The van der Waals surface area contributed by atoms with Crippen molar-refractivity contribution in [3.05, 3.63) is 51.1 Å². The molecule has 1 heterocycles. The van der Waals surface area contributed by atoms with Gasteiger partial charge >= 0.3 is 0 Å². The van der Waals surface area contributed by atoms with E-state index in [1.165, 1.54) is 24.2 Å². The molecule has 0 atom stereocenters. The number of hydrogen-bond acceptors (Lipinski definition) is 6. The van der Waals surface area contributed by atoms with Gasteiger partial charge in [0.2, 0.25) is 0 Å². The third-order valence-corrected chi connectivity index (χ3v) is 5.12. The van der Waals surface area contributed by atoms with E-state index in [9.17, 15) is 14.7 Å². The fraction of sp³-hybridized carbons (Fsp3) is 0.105. The first kappa shape index (κ1) is 20.1. The van der Waals surface area contributed by atoms with E-state index in [-0.39, 0.29) is 22.2 Å². The van der Waals surface area contributed by atoms with E-state index in [1.54, 1.807) is 37.4 Å². The molecule has 1 aliphatic rings. The Hall–Kier alpha value is -2.66. The lowest BCUT2D eigenvalue weighted by Gasteiger charge is -2.29. The monoisotopic (exact) mass is 510 g/mol. The molecule has 2 aromatic carbocycles. The number of thiocarbonyl (C=S) groups is 1. The van der Waals surface area contributed by atoms with Gasteiger partial charge in [0.15, 0.2) is 16.6 Å². The average Bonchev–Trinajstić information content (AvgIpc) is 2.68. The second-order valence-electron chi connectivity index (χ2n) is 5.71. The summed E-state index contributed by atoms with van der Waals surface area (Å²) in [6.45, 7) is 0. The third kappa shape index (κ3) is 3.80. The number of phenolic OH excluding ortho intramolecular Hbond substituents is 1. The minimum absolute atomic E-state index is 0.00446. The summed E-state index contributed by atoms with van der Waals surface area (Å²) < 4.78 is 10.8. The molecular formula is C19H15IN2O5S. The lowest BCUT2D eigenvalue weighted by atomic mass is 10.1. The summed E-state index contributed by atoms with van der Waals surface area (Å²) in [4.78, 5) is 26.6. The topological polar surface area (TPSA) is 88.1 Å². The van der Waals surface area contributed by atoms with Crippen LogP contribution in [0.1, 0.15) is 5.56 Å². The highest BCUT2D eigenvalue weighted by Gasteiger charge is 2.34. The van der Waals surface area contributed by atoms with E-state index >= 15 is 0 Å². The van der Waals surface area contributed by atoms with Crippen LogP contribution in [0.15, 0.2) is 42.0 Å². The molecule has 1 saturated heterocycles. The number of rotatable bonds is 4. The first-order valence-corrected chi connectivity index (χ1v) is 9.46. The molecule has 1 aliphatic heterocycles. The maximum absolute atomic E-state index is 13.0. The number of carbonyl (C=O) groups excluding carboxylic acids is 2. The maximum Gasteiger partial charge on any atom is 0.270 e. The second kappa shape index (κ2) is 8.15. The number of amides is 2. The molecule has 0 unspecified atom stereocenters. The number of carbonyl (C=O) groups is 2. The number of halogens is 1. The van der Waals surface area contributed by atoms with Crippen LogP contribution in [0.25, 0.3) is 6.08 Å². The van der Waals surface area contributed by atoms with Crippen molar-refractivity contribution in [1.29, 1.82) is 0 Å². The molecule has 1 fully saturated rings. The molecule has 2 N–H and O–H groups in total. The summed E-state index contributed by atoms with van der Waals surface area (Å²) in [5, 5.41) is 12.5. The molecule has 3 rings (SSSR count). The Labute approximate surface area is 180 Å². The molecule has 0 radical (unpaired) electrons. The van der Waals surface area contributed by atoms with Crippen molar-refractivity contribution in [2.45, 2.75) is 0 Å². The largest absolute Gasteiger partial charge is 0.504 e. The Balaban J connectivity index is 2.02. The van der Waals surface area contributed by atoms with Crippen LogP contribution in [0.2, 0.25) is 0 Å². The molecule has 28 heavy (non-hydrogen) atoms. The van der Waals surface area contributed by atoms with Gasteiger partial charge in [-0.25, -0.2) is 0 Å². The molecule has 0 bridgehead atoms. The lowest BCUT2D eigenvalue weighted by Crippen LogP contribution is -2.54. The second-order valence-corrected chi connectivity index (χ2v) is 7.26. The number of methoxy groups -OCH3 is 2. The van der Waals surface area contributed by atoms with Crippen molar-refractivity contribution in [2.24, 2.45) is 0 Å². The fourth-order valence-electron chi connectivity index (χ4n) is 2.62. The zero-order valence-electron chi connectivity index (χ0n) is 14.9. The van der Waals surface area contributed by atoms with E-state index in [0.29, 0.717) is 20.6 Å². The Morgan fingerprint density at radius 2 is 1.82 bits per heavy atom. The molecule has 2 aromatic rings. The molecule has 0 saturated carbocycles. The maximum atomic E-state index is 13.0. The molecule has 0 aliphatic carbocycles.